The number of hydrogen-bond donors (Lipinski definition) is 0. The fourth-order valence-electron chi connectivity index (χ4n) is 4.09. The molecule has 3 aromatic carbocycles. The molecule has 2 amide bonds. The van der Waals surface area contributed by atoms with Crippen molar-refractivity contribution in [3.05, 3.63) is 116 Å². The SMILES string of the molecule is Cc1ccc(Cn2cc(/C=C3\SC(=O)N(Cc4ccc([N+](=O)[O-])cc4)C3=O)c3ccccc32)cc1. The Morgan fingerprint density at radius 1 is 0.914 bits per heavy atom. The molecule has 0 atom stereocenters. The average Bonchev–Trinajstić information content (AvgIpc) is 3.33. The number of carbonyl (C=O) groups excluding carboxylic acids is 2. The van der Waals surface area contributed by atoms with Gasteiger partial charge in [-0.05, 0) is 42.0 Å². The fourth-order valence-corrected chi connectivity index (χ4v) is 4.92. The van der Waals surface area contributed by atoms with E-state index in [0.717, 1.165) is 28.2 Å². The van der Waals surface area contributed by atoms with Crippen LogP contribution in [0.15, 0.2) is 83.9 Å². The van der Waals surface area contributed by atoms with Crippen molar-refractivity contribution >= 4 is 45.6 Å². The number of aryl methyl sites for hydroxylation is 1. The Balaban J connectivity index is 1.42. The predicted molar refractivity (Wildman–Crippen MR) is 137 cm³/mol. The van der Waals surface area contributed by atoms with Crippen LogP contribution in [0.3, 0.4) is 0 Å². The lowest BCUT2D eigenvalue weighted by Gasteiger charge is -2.12. The van der Waals surface area contributed by atoms with Gasteiger partial charge in [0.1, 0.15) is 0 Å². The van der Waals surface area contributed by atoms with Crippen molar-refractivity contribution in [3.63, 3.8) is 0 Å². The Morgan fingerprint density at radius 2 is 1.57 bits per heavy atom. The number of carbonyl (C=O) groups is 2. The van der Waals surface area contributed by atoms with Crippen LogP contribution in [0.4, 0.5) is 10.5 Å². The molecule has 7 nitrogen and oxygen atoms in total. The molecule has 1 aliphatic heterocycles. The maximum atomic E-state index is 13.1. The number of aromatic nitrogens is 1. The van der Waals surface area contributed by atoms with Gasteiger partial charge in [0.2, 0.25) is 0 Å². The van der Waals surface area contributed by atoms with Crippen molar-refractivity contribution in [1.82, 2.24) is 9.47 Å². The first kappa shape index (κ1) is 22.6. The molecule has 1 saturated heterocycles. The van der Waals surface area contributed by atoms with Gasteiger partial charge in [0.05, 0.1) is 16.4 Å². The van der Waals surface area contributed by atoms with E-state index in [1.807, 2.05) is 30.5 Å². The summed E-state index contributed by atoms with van der Waals surface area (Å²) in [5.41, 5.74) is 4.90. The van der Waals surface area contributed by atoms with Crippen LogP contribution in [0.25, 0.3) is 17.0 Å². The van der Waals surface area contributed by atoms with E-state index >= 15 is 0 Å². The zero-order chi connectivity index (χ0) is 24.5. The molecule has 0 bridgehead atoms. The van der Waals surface area contributed by atoms with E-state index in [9.17, 15) is 19.7 Å². The summed E-state index contributed by atoms with van der Waals surface area (Å²) in [5.74, 6) is -0.367. The third-order valence-electron chi connectivity index (χ3n) is 5.94. The predicted octanol–water partition coefficient (Wildman–Crippen LogP) is 6.14. The van der Waals surface area contributed by atoms with Gasteiger partial charge in [-0.2, -0.15) is 0 Å². The van der Waals surface area contributed by atoms with Gasteiger partial charge >= 0.3 is 0 Å². The third kappa shape index (κ3) is 4.61. The van der Waals surface area contributed by atoms with Crippen LogP contribution in [0.1, 0.15) is 22.3 Å². The number of nitrogens with zero attached hydrogens (tertiary/aromatic N) is 3. The number of benzene rings is 3. The molecule has 0 unspecified atom stereocenters. The van der Waals surface area contributed by atoms with Gasteiger partial charge in [-0.15, -0.1) is 0 Å². The van der Waals surface area contributed by atoms with Crippen LogP contribution in [-0.4, -0.2) is 25.5 Å². The second kappa shape index (κ2) is 9.23. The minimum absolute atomic E-state index is 0.0372. The summed E-state index contributed by atoms with van der Waals surface area (Å²) >= 11 is 0.908. The quantitative estimate of drug-likeness (QED) is 0.187. The highest BCUT2D eigenvalue weighted by Gasteiger charge is 2.35. The van der Waals surface area contributed by atoms with Crippen molar-refractivity contribution in [2.45, 2.75) is 20.0 Å². The maximum absolute atomic E-state index is 13.1. The number of amides is 2. The van der Waals surface area contributed by atoms with Crippen LogP contribution >= 0.6 is 11.8 Å². The molecule has 0 radical (unpaired) electrons. The van der Waals surface area contributed by atoms with Crippen molar-refractivity contribution in [2.75, 3.05) is 0 Å². The zero-order valence-electron chi connectivity index (χ0n) is 18.9. The molecular weight excluding hydrogens is 462 g/mol. The summed E-state index contributed by atoms with van der Waals surface area (Å²) in [6.07, 6.45) is 3.78. The molecule has 2 heterocycles. The second-order valence-electron chi connectivity index (χ2n) is 8.41. The van der Waals surface area contributed by atoms with Crippen LogP contribution in [0, 0.1) is 17.0 Å². The van der Waals surface area contributed by atoms with Gasteiger partial charge in [0.15, 0.2) is 0 Å². The van der Waals surface area contributed by atoms with Crippen molar-refractivity contribution < 1.29 is 14.5 Å². The summed E-state index contributed by atoms with van der Waals surface area (Å²) in [6.45, 7) is 2.81. The summed E-state index contributed by atoms with van der Waals surface area (Å²) in [7, 11) is 0. The Bertz CT molecular complexity index is 1490. The third-order valence-corrected chi connectivity index (χ3v) is 6.85. The molecular formula is C27H21N3O4S. The first-order chi connectivity index (χ1) is 16.9. The van der Waals surface area contributed by atoms with E-state index in [2.05, 4.69) is 35.8 Å². The number of para-hydroxylation sites is 1. The van der Waals surface area contributed by atoms with Crippen LogP contribution in [0.5, 0.6) is 0 Å². The van der Waals surface area contributed by atoms with Crippen molar-refractivity contribution in [2.24, 2.45) is 0 Å². The number of nitro groups is 1. The smallest absolute Gasteiger partial charge is 0.293 e. The first-order valence-corrected chi connectivity index (χ1v) is 11.8. The van der Waals surface area contributed by atoms with E-state index in [1.165, 1.54) is 28.2 Å². The van der Waals surface area contributed by atoms with E-state index in [-0.39, 0.29) is 23.4 Å². The normalized spacial score (nSPS) is 14.9. The maximum Gasteiger partial charge on any atom is 0.293 e. The molecule has 0 saturated carbocycles. The molecule has 1 fully saturated rings. The second-order valence-corrected chi connectivity index (χ2v) is 9.40. The Kier molecular flexibility index (Phi) is 5.96. The van der Waals surface area contributed by atoms with Crippen molar-refractivity contribution in [3.8, 4) is 0 Å². The summed E-state index contributed by atoms with van der Waals surface area (Å²) in [4.78, 5) is 37.6. The van der Waals surface area contributed by atoms with Crippen LogP contribution in [0.2, 0.25) is 0 Å². The fraction of sp³-hybridized carbons (Fsp3) is 0.111. The zero-order valence-corrected chi connectivity index (χ0v) is 19.7. The lowest BCUT2D eigenvalue weighted by Crippen LogP contribution is -2.27. The summed E-state index contributed by atoms with van der Waals surface area (Å²) in [5, 5.41) is 11.5. The lowest BCUT2D eigenvalue weighted by atomic mass is 10.1. The van der Waals surface area contributed by atoms with Gasteiger partial charge in [-0.1, -0.05) is 60.2 Å². The van der Waals surface area contributed by atoms with E-state index < -0.39 is 4.92 Å². The Hall–Kier alpha value is -4.17. The molecule has 5 rings (SSSR count). The minimum atomic E-state index is -0.484. The number of hydrogen-bond acceptors (Lipinski definition) is 5. The standard InChI is InChI=1S/C27H21N3O4S/c1-18-6-8-19(9-7-18)15-28-17-21(23-4-2-3-5-24(23)28)14-25-26(31)29(27(32)35-25)16-20-10-12-22(13-11-20)30(33)34/h2-14,17H,15-16H2,1H3/b25-14-. The minimum Gasteiger partial charge on any atom is -0.342 e. The molecule has 1 aliphatic rings. The van der Waals surface area contributed by atoms with Gasteiger partial charge in [-0.25, -0.2) is 0 Å². The Morgan fingerprint density at radius 3 is 2.29 bits per heavy atom. The van der Waals surface area contributed by atoms with Crippen LogP contribution < -0.4 is 0 Å². The first-order valence-electron chi connectivity index (χ1n) is 11.0. The molecule has 0 N–H and O–H groups in total. The van der Waals surface area contributed by atoms with Gasteiger partial charge in [-0.3, -0.25) is 24.6 Å². The molecule has 0 spiro atoms. The molecule has 8 heteroatoms. The molecule has 4 aromatic rings. The molecule has 174 valence electrons. The molecule has 1 aromatic heterocycles. The van der Waals surface area contributed by atoms with E-state index in [4.69, 9.17) is 0 Å². The number of fused-ring (bicyclic) bond motifs is 1. The summed E-state index contributed by atoms with van der Waals surface area (Å²) < 4.78 is 2.15. The number of non-ortho nitro benzene ring substituents is 1. The lowest BCUT2D eigenvalue weighted by molar-refractivity contribution is -0.384. The van der Waals surface area contributed by atoms with Gasteiger partial charge < -0.3 is 4.57 Å². The number of imide groups is 1. The highest BCUT2D eigenvalue weighted by molar-refractivity contribution is 8.18. The molecule has 35 heavy (non-hydrogen) atoms. The highest BCUT2D eigenvalue weighted by Crippen LogP contribution is 2.35. The number of rotatable bonds is 6. The van der Waals surface area contributed by atoms with E-state index in [1.54, 1.807) is 18.2 Å². The average molecular weight is 484 g/mol. The molecule has 0 aliphatic carbocycles. The number of thioether (sulfide) groups is 1. The highest BCUT2D eigenvalue weighted by atomic mass is 32.2. The van der Waals surface area contributed by atoms with E-state index in [0.29, 0.717) is 17.0 Å². The summed E-state index contributed by atoms with van der Waals surface area (Å²) in [6, 6.07) is 22.2. The van der Waals surface area contributed by atoms with Crippen LogP contribution in [-0.2, 0) is 17.9 Å². The van der Waals surface area contributed by atoms with Crippen molar-refractivity contribution in [1.29, 1.82) is 0 Å². The van der Waals surface area contributed by atoms with Gasteiger partial charge in [0.25, 0.3) is 16.8 Å². The van der Waals surface area contributed by atoms with Gasteiger partial charge in [0, 0.05) is 41.3 Å². The Labute approximate surface area is 205 Å². The largest absolute Gasteiger partial charge is 0.342 e. The number of nitro benzene ring substituents is 1. The monoisotopic (exact) mass is 483 g/mol. The topological polar surface area (TPSA) is 85.4 Å².